The maximum atomic E-state index is 6.26. The maximum absolute atomic E-state index is 6.26. The summed E-state index contributed by atoms with van der Waals surface area (Å²) in [4.78, 5) is 0. The van der Waals surface area contributed by atoms with Crippen molar-refractivity contribution in [3.05, 3.63) is 28.2 Å². The van der Waals surface area contributed by atoms with Gasteiger partial charge in [0.1, 0.15) is 5.75 Å². The predicted octanol–water partition coefficient (Wildman–Crippen LogP) is 3.13. The highest BCUT2D eigenvalue weighted by atomic mass is 79.9. The van der Waals surface area contributed by atoms with Crippen LogP contribution in [0.5, 0.6) is 5.75 Å². The molecule has 4 heteroatoms. The Hall–Kier alpha value is -0.580. The number of hydrogen-bond donors (Lipinski definition) is 1. The third-order valence-electron chi connectivity index (χ3n) is 2.95. The van der Waals surface area contributed by atoms with Gasteiger partial charge in [-0.25, -0.2) is 0 Å². The highest BCUT2D eigenvalue weighted by molar-refractivity contribution is 9.10. The van der Waals surface area contributed by atoms with Crippen molar-refractivity contribution in [1.82, 2.24) is 0 Å². The van der Waals surface area contributed by atoms with Crippen molar-refractivity contribution in [1.29, 1.82) is 0 Å². The molecule has 0 aliphatic rings. The van der Waals surface area contributed by atoms with Gasteiger partial charge in [-0.15, -0.1) is 0 Å². The number of benzene rings is 1. The fourth-order valence-electron chi connectivity index (χ4n) is 1.69. The maximum Gasteiger partial charge on any atom is 0.119 e. The van der Waals surface area contributed by atoms with Crippen molar-refractivity contribution in [3.63, 3.8) is 0 Å². The zero-order valence-electron chi connectivity index (χ0n) is 10.6. The smallest absolute Gasteiger partial charge is 0.119 e. The minimum atomic E-state index is -0.0189. The average Bonchev–Trinajstić information content (AvgIpc) is 2.35. The molecule has 17 heavy (non-hydrogen) atoms. The second-order valence-electron chi connectivity index (χ2n) is 4.17. The van der Waals surface area contributed by atoms with Crippen LogP contribution in [0.4, 0.5) is 0 Å². The van der Waals surface area contributed by atoms with Gasteiger partial charge in [0.25, 0.3) is 0 Å². The van der Waals surface area contributed by atoms with E-state index in [0.29, 0.717) is 5.92 Å². The monoisotopic (exact) mass is 301 g/mol. The third-order valence-corrected chi connectivity index (χ3v) is 3.67. The van der Waals surface area contributed by atoms with Crippen LogP contribution in [0.2, 0.25) is 0 Å². The van der Waals surface area contributed by atoms with E-state index in [4.69, 9.17) is 15.2 Å². The summed E-state index contributed by atoms with van der Waals surface area (Å²) in [6.07, 6.45) is 0.946. The Balaban J connectivity index is 2.82. The summed E-state index contributed by atoms with van der Waals surface area (Å²) in [5, 5.41) is 0. The summed E-state index contributed by atoms with van der Waals surface area (Å²) < 4.78 is 11.3. The largest absolute Gasteiger partial charge is 0.497 e. The van der Waals surface area contributed by atoms with Crippen molar-refractivity contribution in [2.75, 3.05) is 20.8 Å². The van der Waals surface area contributed by atoms with E-state index in [2.05, 4.69) is 22.9 Å². The van der Waals surface area contributed by atoms with E-state index in [0.717, 1.165) is 28.8 Å². The van der Waals surface area contributed by atoms with Crippen molar-refractivity contribution >= 4 is 15.9 Å². The van der Waals surface area contributed by atoms with Gasteiger partial charge in [-0.3, -0.25) is 0 Å². The molecule has 0 saturated heterocycles. The van der Waals surface area contributed by atoms with Crippen LogP contribution < -0.4 is 10.5 Å². The van der Waals surface area contributed by atoms with Crippen molar-refractivity contribution < 1.29 is 9.47 Å². The van der Waals surface area contributed by atoms with Crippen LogP contribution in [0.3, 0.4) is 0 Å². The van der Waals surface area contributed by atoms with Crippen molar-refractivity contribution in [2.24, 2.45) is 11.7 Å². The van der Waals surface area contributed by atoms with Gasteiger partial charge in [0, 0.05) is 24.2 Å². The summed E-state index contributed by atoms with van der Waals surface area (Å²) in [6.45, 7) is 2.87. The Morgan fingerprint density at radius 3 is 2.65 bits per heavy atom. The topological polar surface area (TPSA) is 44.5 Å². The van der Waals surface area contributed by atoms with Gasteiger partial charge in [0.2, 0.25) is 0 Å². The lowest BCUT2D eigenvalue weighted by atomic mass is 9.93. The van der Waals surface area contributed by atoms with Gasteiger partial charge >= 0.3 is 0 Å². The van der Waals surface area contributed by atoms with Gasteiger partial charge in [0.05, 0.1) is 7.11 Å². The molecule has 0 aliphatic carbocycles. The molecule has 2 N–H and O–H groups in total. The second kappa shape index (κ2) is 6.99. The van der Waals surface area contributed by atoms with Crippen molar-refractivity contribution in [2.45, 2.75) is 19.4 Å². The number of hydrogen-bond acceptors (Lipinski definition) is 3. The van der Waals surface area contributed by atoms with E-state index in [1.54, 1.807) is 14.2 Å². The molecule has 1 rings (SSSR count). The minimum absolute atomic E-state index is 0.0189. The van der Waals surface area contributed by atoms with Crippen molar-refractivity contribution in [3.8, 4) is 5.75 Å². The van der Waals surface area contributed by atoms with E-state index in [1.165, 1.54) is 0 Å². The fraction of sp³-hybridized carbons (Fsp3) is 0.538. The molecule has 0 bridgehead atoms. The molecular formula is C13H20BrNO2. The van der Waals surface area contributed by atoms with Gasteiger partial charge in [-0.2, -0.15) is 0 Å². The standard InChI is InChI=1S/C13H20BrNO2/c1-9(6-7-16-2)13(15)11-8-10(17-3)4-5-12(11)14/h4-5,8-9,13H,6-7,15H2,1-3H3. The second-order valence-corrected chi connectivity index (χ2v) is 5.03. The summed E-state index contributed by atoms with van der Waals surface area (Å²) in [7, 11) is 3.37. The predicted molar refractivity (Wildman–Crippen MR) is 73.3 cm³/mol. The van der Waals surface area contributed by atoms with Crippen LogP contribution in [-0.4, -0.2) is 20.8 Å². The van der Waals surface area contributed by atoms with Crippen LogP contribution in [0.1, 0.15) is 24.9 Å². The molecule has 0 spiro atoms. The Bertz CT molecular complexity index is 357. The normalized spacial score (nSPS) is 14.4. The lowest BCUT2D eigenvalue weighted by Gasteiger charge is -2.21. The molecule has 2 unspecified atom stereocenters. The zero-order valence-corrected chi connectivity index (χ0v) is 12.2. The molecule has 1 aromatic rings. The van der Waals surface area contributed by atoms with E-state index in [-0.39, 0.29) is 6.04 Å². The van der Waals surface area contributed by atoms with Gasteiger partial charge in [-0.1, -0.05) is 22.9 Å². The van der Waals surface area contributed by atoms with Crippen LogP contribution in [0, 0.1) is 5.92 Å². The van der Waals surface area contributed by atoms with E-state index in [9.17, 15) is 0 Å². The first kappa shape index (κ1) is 14.5. The Morgan fingerprint density at radius 1 is 1.35 bits per heavy atom. The molecule has 1 aromatic carbocycles. The number of ether oxygens (including phenoxy) is 2. The average molecular weight is 302 g/mol. The first-order chi connectivity index (χ1) is 8.10. The van der Waals surface area contributed by atoms with E-state index in [1.807, 2.05) is 18.2 Å². The van der Waals surface area contributed by atoms with Gasteiger partial charge in [-0.05, 0) is 36.1 Å². The molecule has 0 saturated carbocycles. The lowest BCUT2D eigenvalue weighted by Crippen LogP contribution is -2.20. The molecular weight excluding hydrogens is 282 g/mol. The highest BCUT2D eigenvalue weighted by Gasteiger charge is 2.17. The molecule has 3 nitrogen and oxygen atoms in total. The first-order valence-corrected chi connectivity index (χ1v) is 6.47. The van der Waals surface area contributed by atoms with Gasteiger partial charge in [0.15, 0.2) is 0 Å². The number of methoxy groups -OCH3 is 2. The molecule has 0 radical (unpaired) electrons. The first-order valence-electron chi connectivity index (χ1n) is 5.68. The summed E-state index contributed by atoms with van der Waals surface area (Å²) in [6, 6.07) is 5.85. The van der Waals surface area contributed by atoms with Crippen LogP contribution >= 0.6 is 15.9 Å². The fourth-order valence-corrected chi connectivity index (χ4v) is 2.21. The zero-order chi connectivity index (χ0) is 12.8. The third kappa shape index (κ3) is 3.98. The SMILES string of the molecule is COCCC(C)C(N)c1cc(OC)ccc1Br. The molecule has 0 aliphatic heterocycles. The highest BCUT2D eigenvalue weighted by Crippen LogP contribution is 2.31. The van der Waals surface area contributed by atoms with E-state index < -0.39 is 0 Å². The molecule has 0 fully saturated rings. The van der Waals surface area contributed by atoms with E-state index >= 15 is 0 Å². The number of halogens is 1. The minimum Gasteiger partial charge on any atom is -0.497 e. The van der Waals surface area contributed by atoms with Crippen LogP contribution in [-0.2, 0) is 4.74 Å². The molecule has 96 valence electrons. The Morgan fingerprint density at radius 2 is 2.06 bits per heavy atom. The Labute approximate surface area is 111 Å². The molecule has 2 atom stereocenters. The van der Waals surface area contributed by atoms with Crippen LogP contribution in [0.25, 0.3) is 0 Å². The molecule has 0 heterocycles. The summed E-state index contributed by atoms with van der Waals surface area (Å²) in [5.74, 6) is 1.19. The Kier molecular flexibility index (Phi) is 5.95. The molecule has 0 aromatic heterocycles. The quantitative estimate of drug-likeness (QED) is 0.878. The number of rotatable bonds is 6. The number of nitrogens with two attached hydrogens (primary N) is 1. The molecule has 0 amide bonds. The lowest BCUT2D eigenvalue weighted by molar-refractivity contribution is 0.174. The van der Waals surface area contributed by atoms with Crippen LogP contribution in [0.15, 0.2) is 22.7 Å². The summed E-state index contributed by atoms with van der Waals surface area (Å²) >= 11 is 3.53. The summed E-state index contributed by atoms with van der Waals surface area (Å²) in [5.41, 5.74) is 7.34. The van der Waals surface area contributed by atoms with Gasteiger partial charge < -0.3 is 15.2 Å².